The highest BCUT2D eigenvalue weighted by Crippen LogP contribution is 2.05. The lowest BCUT2D eigenvalue weighted by Crippen LogP contribution is -2.17. The molecule has 0 aliphatic rings. The average molecular weight is 216 g/mol. The number of ether oxygens (including phenoxy) is 1. The van der Waals surface area contributed by atoms with Gasteiger partial charge in [0.15, 0.2) is 0 Å². The number of pyridine rings is 1. The van der Waals surface area contributed by atoms with Crippen molar-refractivity contribution in [1.82, 2.24) is 15.0 Å². The number of amides is 1. The number of anilines is 1. The van der Waals surface area contributed by atoms with E-state index in [0.29, 0.717) is 5.82 Å². The molecule has 0 unspecified atom stereocenters. The molecule has 0 aliphatic carbocycles. The predicted molar refractivity (Wildman–Crippen MR) is 55.9 cm³/mol. The largest absolute Gasteiger partial charge is 0.419 e. The molecule has 0 saturated heterocycles. The van der Waals surface area contributed by atoms with E-state index in [0.717, 1.165) is 0 Å². The van der Waals surface area contributed by atoms with Crippen LogP contribution in [-0.2, 0) is 0 Å². The summed E-state index contributed by atoms with van der Waals surface area (Å²) in [5, 5.41) is 2.46. The van der Waals surface area contributed by atoms with Gasteiger partial charge in [0.2, 0.25) is 5.88 Å². The normalized spacial score (nSPS) is 9.50. The topological polar surface area (TPSA) is 77.0 Å². The van der Waals surface area contributed by atoms with Crippen LogP contribution >= 0.6 is 0 Å². The van der Waals surface area contributed by atoms with Crippen LogP contribution < -0.4 is 10.1 Å². The predicted octanol–water partition coefficient (Wildman–Crippen LogP) is 1.48. The Hall–Kier alpha value is -2.50. The number of carbonyl (C=O) groups is 1. The quantitative estimate of drug-likeness (QED) is 0.822. The van der Waals surface area contributed by atoms with Gasteiger partial charge in [0.05, 0.1) is 0 Å². The Morgan fingerprint density at radius 3 is 2.81 bits per heavy atom. The molecule has 6 nitrogen and oxygen atoms in total. The van der Waals surface area contributed by atoms with Gasteiger partial charge in [-0.3, -0.25) is 5.32 Å². The number of aromatic nitrogens is 3. The van der Waals surface area contributed by atoms with Crippen LogP contribution in [0.1, 0.15) is 0 Å². The molecule has 16 heavy (non-hydrogen) atoms. The van der Waals surface area contributed by atoms with Crippen molar-refractivity contribution < 1.29 is 9.53 Å². The summed E-state index contributed by atoms with van der Waals surface area (Å²) in [6, 6.07) is 6.65. The summed E-state index contributed by atoms with van der Waals surface area (Å²) in [5.74, 6) is 0.602. The molecule has 80 valence electrons. The van der Waals surface area contributed by atoms with E-state index in [1.165, 1.54) is 18.6 Å². The average Bonchev–Trinajstić information content (AvgIpc) is 2.31. The Morgan fingerprint density at radius 2 is 2.12 bits per heavy atom. The number of nitrogens with zero attached hydrogens (tertiary/aromatic N) is 3. The van der Waals surface area contributed by atoms with Crippen molar-refractivity contribution in [3.63, 3.8) is 0 Å². The van der Waals surface area contributed by atoms with Gasteiger partial charge in [0, 0.05) is 18.5 Å². The maximum atomic E-state index is 11.3. The zero-order valence-electron chi connectivity index (χ0n) is 8.20. The minimum absolute atomic E-state index is 0.184. The summed E-state index contributed by atoms with van der Waals surface area (Å²) >= 11 is 0. The summed E-state index contributed by atoms with van der Waals surface area (Å²) in [4.78, 5) is 22.7. The van der Waals surface area contributed by atoms with E-state index < -0.39 is 6.09 Å². The maximum Gasteiger partial charge on any atom is 0.419 e. The van der Waals surface area contributed by atoms with E-state index in [4.69, 9.17) is 4.74 Å². The first-order chi connectivity index (χ1) is 7.84. The van der Waals surface area contributed by atoms with Gasteiger partial charge in [-0.25, -0.2) is 19.7 Å². The van der Waals surface area contributed by atoms with Crippen LogP contribution in [0.15, 0.2) is 43.0 Å². The van der Waals surface area contributed by atoms with Gasteiger partial charge in [-0.15, -0.1) is 0 Å². The third kappa shape index (κ3) is 2.74. The van der Waals surface area contributed by atoms with Gasteiger partial charge in [-0.05, 0) is 12.1 Å². The SMILES string of the molecule is O=C(Nc1ccccn1)Oc1ccncn1. The Kier molecular flexibility index (Phi) is 3.03. The Balaban J connectivity index is 1.95. The second-order valence-electron chi connectivity index (χ2n) is 2.78. The van der Waals surface area contributed by atoms with Crippen LogP contribution in [0.3, 0.4) is 0 Å². The van der Waals surface area contributed by atoms with Crippen molar-refractivity contribution in [3.05, 3.63) is 43.0 Å². The Labute approximate surface area is 91.3 Å². The molecule has 0 saturated carbocycles. The Morgan fingerprint density at radius 1 is 1.19 bits per heavy atom. The zero-order valence-corrected chi connectivity index (χ0v) is 8.20. The number of nitrogens with one attached hydrogen (secondary N) is 1. The third-order valence-electron chi connectivity index (χ3n) is 1.65. The second kappa shape index (κ2) is 4.83. The van der Waals surface area contributed by atoms with Crippen molar-refractivity contribution in [2.75, 3.05) is 5.32 Å². The molecule has 0 aliphatic heterocycles. The van der Waals surface area contributed by atoms with Gasteiger partial charge in [-0.1, -0.05) is 6.07 Å². The molecule has 2 aromatic rings. The minimum atomic E-state index is -0.641. The van der Waals surface area contributed by atoms with Gasteiger partial charge >= 0.3 is 6.09 Å². The highest BCUT2D eigenvalue weighted by molar-refractivity contribution is 5.84. The molecule has 0 bridgehead atoms. The van der Waals surface area contributed by atoms with Gasteiger partial charge in [0.1, 0.15) is 12.1 Å². The van der Waals surface area contributed by atoms with Crippen molar-refractivity contribution in [3.8, 4) is 5.88 Å². The lowest BCUT2D eigenvalue weighted by molar-refractivity contribution is 0.213. The standard InChI is InChI=1S/C10H8N4O2/c15-10(14-8-3-1-2-5-12-8)16-9-4-6-11-7-13-9/h1-7H,(H,12,14,15). The monoisotopic (exact) mass is 216 g/mol. The van der Waals surface area contributed by atoms with Crippen molar-refractivity contribution >= 4 is 11.9 Å². The highest BCUT2D eigenvalue weighted by atomic mass is 16.6. The number of hydrogen-bond donors (Lipinski definition) is 1. The van der Waals surface area contributed by atoms with Crippen molar-refractivity contribution in [1.29, 1.82) is 0 Å². The zero-order chi connectivity index (χ0) is 11.2. The van der Waals surface area contributed by atoms with E-state index in [2.05, 4.69) is 20.3 Å². The fourth-order valence-electron chi connectivity index (χ4n) is 1.00. The first-order valence-electron chi connectivity index (χ1n) is 4.50. The maximum absolute atomic E-state index is 11.3. The summed E-state index contributed by atoms with van der Waals surface area (Å²) in [6.07, 6.45) is 3.71. The van der Waals surface area contributed by atoms with Gasteiger partial charge in [0.25, 0.3) is 0 Å². The number of rotatable bonds is 2. The molecule has 1 amide bonds. The summed E-state index contributed by atoms with van der Waals surface area (Å²) in [5.41, 5.74) is 0. The summed E-state index contributed by atoms with van der Waals surface area (Å²) < 4.78 is 4.88. The molecular weight excluding hydrogens is 208 g/mol. The fourth-order valence-corrected chi connectivity index (χ4v) is 1.00. The molecule has 2 aromatic heterocycles. The molecule has 0 fully saturated rings. The molecule has 0 radical (unpaired) electrons. The molecule has 6 heteroatoms. The first-order valence-corrected chi connectivity index (χ1v) is 4.50. The van der Waals surface area contributed by atoms with E-state index >= 15 is 0 Å². The molecule has 2 rings (SSSR count). The second-order valence-corrected chi connectivity index (χ2v) is 2.78. The van der Waals surface area contributed by atoms with Crippen LogP contribution in [-0.4, -0.2) is 21.0 Å². The van der Waals surface area contributed by atoms with Crippen LogP contribution in [0, 0.1) is 0 Å². The fraction of sp³-hybridized carbons (Fsp3) is 0. The van der Waals surface area contributed by atoms with Crippen LogP contribution in [0.4, 0.5) is 10.6 Å². The lowest BCUT2D eigenvalue weighted by Gasteiger charge is -2.03. The van der Waals surface area contributed by atoms with Gasteiger partial charge < -0.3 is 4.74 Å². The van der Waals surface area contributed by atoms with Gasteiger partial charge in [-0.2, -0.15) is 0 Å². The molecule has 2 heterocycles. The first kappa shape index (κ1) is 10.0. The van der Waals surface area contributed by atoms with Crippen molar-refractivity contribution in [2.45, 2.75) is 0 Å². The van der Waals surface area contributed by atoms with Crippen LogP contribution in [0.5, 0.6) is 5.88 Å². The number of carbonyl (C=O) groups excluding carboxylic acids is 1. The molecule has 0 atom stereocenters. The molecule has 1 N–H and O–H groups in total. The third-order valence-corrected chi connectivity index (χ3v) is 1.65. The summed E-state index contributed by atoms with van der Waals surface area (Å²) in [7, 11) is 0. The Bertz CT molecular complexity index is 417. The summed E-state index contributed by atoms with van der Waals surface area (Å²) in [6.45, 7) is 0. The molecular formula is C10H8N4O2. The minimum Gasteiger partial charge on any atom is -0.391 e. The molecule has 0 aromatic carbocycles. The van der Waals surface area contributed by atoms with E-state index in [1.807, 2.05) is 0 Å². The van der Waals surface area contributed by atoms with Crippen LogP contribution in [0.2, 0.25) is 0 Å². The van der Waals surface area contributed by atoms with E-state index in [-0.39, 0.29) is 5.88 Å². The lowest BCUT2D eigenvalue weighted by atomic mass is 10.5. The smallest absolute Gasteiger partial charge is 0.391 e. The van der Waals surface area contributed by atoms with E-state index in [1.54, 1.807) is 24.4 Å². The van der Waals surface area contributed by atoms with E-state index in [9.17, 15) is 4.79 Å². The molecule has 0 spiro atoms. The van der Waals surface area contributed by atoms with Crippen LogP contribution in [0.25, 0.3) is 0 Å². The number of hydrogen-bond acceptors (Lipinski definition) is 5. The highest BCUT2D eigenvalue weighted by Gasteiger charge is 2.05. The van der Waals surface area contributed by atoms with Crippen molar-refractivity contribution in [2.24, 2.45) is 0 Å².